The highest BCUT2D eigenvalue weighted by Crippen LogP contribution is 2.33. The number of hydrogen-bond acceptors (Lipinski definition) is 3. The van der Waals surface area contributed by atoms with Crippen LogP contribution in [0.3, 0.4) is 0 Å². The Morgan fingerprint density at radius 3 is 2.77 bits per heavy atom. The highest BCUT2D eigenvalue weighted by molar-refractivity contribution is 5.88. The maximum atomic E-state index is 11.9. The lowest BCUT2D eigenvalue weighted by atomic mass is 9.95. The first-order valence-electron chi connectivity index (χ1n) is 7.45. The Labute approximate surface area is 129 Å². The highest BCUT2D eigenvalue weighted by Gasteiger charge is 2.29. The zero-order chi connectivity index (χ0) is 15.2. The lowest BCUT2D eigenvalue weighted by molar-refractivity contribution is 0.0911. The number of benzene rings is 1. The number of ether oxygens (including phenoxy) is 1. The molecule has 2 amide bonds. The topological polar surface area (TPSA) is 63.2 Å². The zero-order valence-corrected chi connectivity index (χ0v) is 12.2. The first-order chi connectivity index (χ1) is 10.8. The molecule has 2 atom stereocenters. The third kappa shape index (κ3) is 3.62. The van der Waals surface area contributed by atoms with Gasteiger partial charge in [0.2, 0.25) is 0 Å². The van der Waals surface area contributed by atoms with Gasteiger partial charge in [0, 0.05) is 25.3 Å². The van der Waals surface area contributed by atoms with Gasteiger partial charge in [-0.05, 0) is 24.1 Å². The summed E-state index contributed by atoms with van der Waals surface area (Å²) in [6, 6.07) is 15.3. The molecule has 114 valence electrons. The first-order valence-corrected chi connectivity index (χ1v) is 7.45. The molecule has 1 saturated heterocycles. The minimum Gasteiger partial charge on any atom is -0.373 e. The fourth-order valence-corrected chi connectivity index (χ4v) is 2.68. The summed E-state index contributed by atoms with van der Waals surface area (Å²) >= 11 is 0. The number of nitrogens with zero attached hydrogens (tertiary/aromatic N) is 1. The minimum atomic E-state index is -0.239. The molecule has 22 heavy (non-hydrogen) atoms. The molecule has 1 fully saturated rings. The first kappa shape index (κ1) is 14.5. The van der Waals surface area contributed by atoms with Crippen molar-refractivity contribution in [2.45, 2.75) is 12.5 Å². The standard InChI is InChI=1S/C17H19N3O2/c21-17(20-15-8-4-5-10-18-15)19-12-14-9-11-22-16(14)13-6-2-1-3-7-13/h1-8,10,14,16H,9,11-12H2,(H2,18,19,20,21)/t14-,16-/m1/s1. The molecule has 1 aliphatic heterocycles. The summed E-state index contributed by atoms with van der Waals surface area (Å²) in [5, 5.41) is 5.62. The van der Waals surface area contributed by atoms with E-state index in [1.807, 2.05) is 30.3 Å². The molecule has 5 nitrogen and oxygen atoms in total. The lowest BCUT2D eigenvalue weighted by Gasteiger charge is -2.19. The molecule has 0 saturated carbocycles. The van der Waals surface area contributed by atoms with E-state index in [0.29, 0.717) is 12.4 Å². The van der Waals surface area contributed by atoms with Crippen LogP contribution in [-0.2, 0) is 4.74 Å². The van der Waals surface area contributed by atoms with Crippen molar-refractivity contribution in [1.29, 1.82) is 0 Å². The van der Waals surface area contributed by atoms with Crippen LogP contribution in [0.4, 0.5) is 10.6 Å². The molecule has 0 bridgehead atoms. The van der Waals surface area contributed by atoms with Gasteiger partial charge in [-0.1, -0.05) is 36.4 Å². The lowest BCUT2D eigenvalue weighted by Crippen LogP contribution is -2.34. The summed E-state index contributed by atoms with van der Waals surface area (Å²) in [7, 11) is 0. The number of nitrogens with one attached hydrogen (secondary N) is 2. The molecular formula is C17H19N3O2. The van der Waals surface area contributed by atoms with Crippen LogP contribution in [-0.4, -0.2) is 24.2 Å². The van der Waals surface area contributed by atoms with Gasteiger partial charge in [0.05, 0.1) is 6.10 Å². The van der Waals surface area contributed by atoms with Gasteiger partial charge in [-0.15, -0.1) is 0 Å². The van der Waals surface area contributed by atoms with Crippen molar-refractivity contribution in [3.05, 3.63) is 60.3 Å². The van der Waals surface area contributed by atoms with Crippen molar-refractivity contribution in [2.24, 2.45) is 5.92 Å². The van der Waals surface area contributed by atoms with Crippen molar-refractivity contribution in [2.75, 3.05) is 18.5 Å². The molecule has 2 N–H and O–H groups in total. The van der Waals surface area contributed by atoms with Crippen LogP contribution in [0.2, 0.25) is 0 Å². The Morgan fingerprint density at radius 2 is 2.00 bits per heavy atom. The quantitative estimate of drug-likeness (QED) is 0.912. The third-order valence-electron chi connectivity index (χ3n) is 3.77. The number of anilines is 1. The van der Waals surface area contributed by atoms with Gasteiger partial charge in [-0.2, -0.15) is 0 Å². The molecule has 0 radical (unpaired) electrons. The van der Waals surface area contributed by atoms with E-state index >= 15 is 0 Å². The Balaban J connectivity index is 1.53. The van der Waals surface area contributed by atoms with E-state index in [1.165, 1.54) is 0 Å². The fraction of sp³-hybridized carbons (Fsp3) is 0.294. The Kier molecular flexibility index (Phi) is 4.65. The number of amides is 2. The van der Waals surface area contributed by atoms with Gasteiger partial charge >= 0.3 is 6.03 Å². The van der Waals surface area contributed by atoms with Crippen molar-refractivity contribution in [3.8, 4) is 0 Å². The third-order valence-corrected chi connectivity index (χ3v) is 3.77. The maximum absolute atomic E-state index is 11.9. The molecule has 0 unspecified atom stereocenters. The molecule has 0 aliphatic carbocycles. The van der Waals surface area contributed by atoms with Crippen molar-refractivity contribution in [1.82, 2.24) is 10.3 Å². The average molecular weight is 297 g/mol. The predicted molar refractivity (Wildman–Crippen MR) is 84.5 cm³/mol. The predicted octanol–water partition coefficient (Wildman–Crippen LogP) is 2.98. The van der Waals surface area contributed by atoms with E-state index < -0.39 is 0 Å². The Hall–Kier alpha value is -2.40. The summed E-state index contributed by atoms with van der Waals surface area (Å²) in [5.41, 5.74) is 1.16. The maximum Gasteiger partial charge on any atom is 0.320 e. The van der Waals surface area contributed by atoms with E-state index in [-0.39, 0.29) is 18.1 Å². The summed E-state index contributed by atoms with van der Waals surface area (Å²) in [6.07, 6.45) is 2.64. The zero-order valence-electron chi connectivity index (χ0n) is 12.2. The summed E-state index contributed by atoms with van der Waals surface area (Å²) < 4.78 is 5.82. The summed E-state index contributed by atoms with van der Waals surface area (Å²) in [5.74, 6) is 0.833. The number of rotatable bonds is 4. The monoisotopic (exact) mass is 297 g/mol. The summed E-state index contributed by atoms with van der Waals surface area (Å²) in [4.78, 5) is 16.0. The molecule has 1 aliphatic rings. The minimum absolute atomic E-state index is 0.0522. The second kappa shape index (κ2) is 7.04. The normalized spacial score (nSPS) is 20.5. The second-order valence-corrected chi connectivity index (χ2v) is 5.30. The van der Waals surface area contributed by atoms with Gasteiger partial charge in [0.15, 0.2) is 0 Å². The van der Waals surface area contributed by atoms with Crippen molar-refractivity contribution in [3.63, 3.8) is 0 Å². The van der Waals surface area contributed by atoms with Crippen LogP contribution in [0.1, 0.15) is 18.1 Å². The smallest absolute Gasteiger partial charge is 0.320 e. The number of pyridine rings is 1. The van der Waals surface area contributed by atoms with Crippen LogP contribution in [0.15, 0.2) is 54.7 Å². The van der Waals surface area contributed by atoms with Crippen LogP contribution in [0.25, 0.3) is 0 Å². The van der Waals surface area contributed by atoms with Crippen LogP contribution < -0.4 is 10.6 Å². The summed E-state index contributed by atoms with van der Waals surface area (Å²) in [6.45, 7) is 1.31. The van der Waals surface area contributed by atoms with E-state index in [2.05, 4.69) is 27.8 Å². The second-order valence-electron chi connectivity index (χ2n) is 5.30. The molecule has 1 aromatic heterocycles. The van der Waals surface area contributed by atoms with Gasteiger partial charge in [-0.3, -0.25) is 5.32 Å². The highest BCUT2D eigenvalue weighted by atomic mass is 16.5. The van der Waals surface area contributed by atoms with Crippen LogP contribution in [0, 0.1) is 5.92 Å². The van der Waals surface area contributed by atoms with Crippen molar-refractivity contribution >= 4 is 11.8 Å². The fourth-order valence-electron chi connectivity index (χ4n) is 2.68. The molecule has 5 heteroatoms. The van der Waals surface area contributed by atoms with E-state index in [9.17, 15) is 4.79 Å². The SMILES string of the molecule is O=C(NC[C@H]1CCO[C@@H]1c1ccccc1)Nc1ccccn1. The van der Waals surface area contributed by atoms with Crippen LogP contribution >= 0.6 is 0 Å². The molecular weight excluding hydrogens is 278 g/mol. The average Bonchev–Trinajstić information content (AvgIpc) is 3.03. The molecule has 0 spiro atoms. The molecule has 3 rings (SSSR count). The number of carbonyl (C=O) groups excluding carboxylic acids is 1. The van der Waals surface area contributed by atoms with Gasteiger partial charge < -0.3 is 10.1 Å². The van der Waals surface area contributed by atoms with Gasteiger partial charge in [0.1, 0.15) is 5.82 Å². The van der Waals surface area contributed by atoms with Gasteiger partial charge in [-0.25, -0.2) is 9.78 Å². The molecule has 1 aromatic carbocycles. The van der Waals surface area contributed by atoms with E-state index in [1.54, 1.807) is 12.3 Å². The molecule has 2 aromatic rings. The number of urea groups is 1. The Bertz CT molecular complexity index is 604. The largest absolute Gasteiger partial charge is 0.373 e. The number of hydrogen-bond donors (Lipinski definition) is 2. The number of carbonyl (C=O) groups is 1. The number of aromatic nitrogens is 1. The van der Waals surface area contributed by atoms with Crippen LogP contribution in [0.5, 0.6) is 0 Å². The molecule has 2 heterocycles. The van der Waals surface area contributed by atoms with E-state index in [4.69, 9.17) is 4.74 Å². The van der Waals surface area contributed by atoms with Crippen molar-refractivity contribution < 1.29 is 9.53 Å². The Morgan fingerprint density at radius 1 is 1.18 bits per heavy atom. The van der Waals surface area contributed by atoms with E-state index in [0.717, 1.165) is 18.6 Å². The van der Waals surface area contributed by atoms with Gasteiger partial charge in [0.25, 0.3) is 0 Å².